The number of rotatable bonds is 0. The molecule has 0 amide bonds. The molecule has 4 heteroatoms. The number of hydrogen-bond donors (Lipinski definition) is 0. The summed E-state index contributed by atoms with van der Waals surface area (Å²) in [6.45, 7) is 1.51. The van der Waals surface area contributed by atoms with Gasteiger partial charge in [0.1, 0.15) is 5.75 Å². The third-order valence-corrected chi connectivity index (χ3v) is 3.57. The van der Waals surface area contributed by atoms with Crippen LogP contribution in [0.15, 0.2) is 22.7 Å². The van der Waals surface area contributed by atoms with Gasteiger partial charge in [-0.3, -0.25) is 4.84 Å². The highest BCUT2D eigenvalue weighted by Crippen LogP contribution is 2.43. The predicted molar refractivity (Wildman–Crippen MR) is 59.6 cm³/mol. The molecule has 3 nitrogen and oxygen atoms in total. The highest BCUT2D eigenvalue weighted by molar-refractivity contribution is 9.10. The van der Waals surface area contributed by atoms with Crippen molar-refractivity contribution in [3.8, 4) is 5.75 Å². The first kappa shape index (κ1) is 9.63. The first-order valence-electron chi connectivity index (χ1n) is 5.03. The number of hydrogen-bond acceptors (Lipinski definition) is 3. The highest BCUT2D eigenvalue weighted by Gasteiger charge is 2.39. The minimum Gasteiger partial charge on any atom is -0.493 e. The Morgan fingerprint density at radius 3 is 3.13 bits per heavy atom. The van der Waals surface area contributed by atoms with Crippen molar-refractivity contribution in [1.82, 2.24) is 5.06 Å². The predicted octanol–water partition coefficient (Wildman–Crippen LogP) is 2.38. The lowest BCUT2D eigenvalue weighted by molar-refractivity contribution is -0.111. The van der Waals surface area contributed by atoms with Crippen LogP contribution in [0.1, 0.15) is 11.6 Å². The Kier molecular flexibility index (Phi) is 2.23. The van der Waals surface area contributed by atoms with E-state index in [2.05, 4.69) is 22.0 Å². The summed E-state index contributed by atoms with van der Waals surface area (Å²) < 4.78 is 6.80. The zero-order valence-electron chi connectivity index (χ0n) is 8.44. The molecule has 1 aromatic carbocycles. The third kappa shape index (κ3) is 1.48. The Morgan fingerprint density at radius 2 is 2.27 bits per heavy atom. The van der Waals surface area contributed by atoms with Crippen LogP contribution in [0.25, 0.3) is 0 Å². The fraction of sp³-hybridized carbons (Fsp3) is 0.455. The van der Waals surface area contributed by atoms with Gasteiger partial charge in [0.25, 0.3) is 0 Å². The zero-order chi connectivity index (χ0) is 10.4. The summed E-state index contributed by atoms with van der Waals surface area (Å²) in [5, 5.41) is 1.94. The maximum atomic E-state index is 5.71. The van der Waals surface area contributed by atoms with Gasteiger partial charge in [-0.2, -0.15) is 5.06 Å². The highest BCUT2D eigenvalue weighted by atomic mass is 79.9. The van der Waals surface area contributed by atoms with E-state index in [9.17, 15) is 0 Å². The molecule has 0 bridgehead atoms. The topological polar surface area (TPSA) is 21.7 Å². The normalized spacial score (nSPS) is 29.5. The lowest BCUT2D eigenvalue weighted by Gasteiger charge is -2.29. The Bertz CT molecular complexity index is 396. The third-order valence-electron chi connectivity index (χ3n) is 3.07. The van der Waals surface area contributed by atoms with Crippen molar-refractivity contribution in [3.63, 3.8) is 0 Å². The molecule has 2 aliphatic heterocycles. The Labute approximate surface area is 97.1 Å². The first-order valence-corrected chi connectivity index (χ1v) is 5.83. The maximum absolute atomic E-state index is 5.71. The van der Waals surface area contributed by atoms with Gasteiger partial charge < -0.3 is 4.74 Å². The second-order valence-electron chi connectivity index (χ2n) is 4.04. The molecule has 0 N–H and O–H groups in total. The molecule has 0 unspecified atom stereocenters. The number of ether oxygens (including phenoxy) is 1. The van der Waals surface area contributed by atoms with Gasteiger partial charge in [-0.25, -0.2) is 0 Å². The van der Waals surface area contributed by atoms with E-state index in [0.29, 0.717) is 12.0 Å². The van der Waals surface area contributed by atoms with Gasteiger partial charge in [0.05, 0.1) is 19.3 Å². The van der Waals surface area contributed by atoms with Crippen LogP contribution in [0, 0.1) is 5.92 Å². The van der Waals surface area contributed by atoms with Crippen LogP contribution >= 0.6 is 15.9 Å². The Balaban J connectivity index is 2.08. The first-order chi connectivity index (χ1) is 7.25. The molecule has 3 rings (SSSR count). The Morgan fingerprint density at radius 1 is 1.40 bits per heavy atom. The van der Waals surface area contributed by atoms with Gasteiger partial charge in [-0.1, -0.05) is 15.9 Å². The summed E-state index contributed by atoms with van der Waals surface area (Å²) in [4.78, 5) is 5.53. The molecule has 2 heterocycles. The average molecular weight is 270 g/mol. The molecule has 0 aromatic heterocycles. The van der Waals surface area contributed by atoms with Crippen LogP contribution in [0.5, 0.6) is 5.75 Å². The summed E-state index contributed by atoms with van der Waals surface area (Å²) in [5.74, 6) is 1.44. The van der Waals surface area contributed by atoms with Crippen LogP contribution in [0.3, 0.4) is 0 Å². The molecule has 2 aliphatic rings. The molecule has 0 aliphatic carbocycles. The summed E-state index contributed by atoms with van der Waals surface area (Å²) in [5.41, 5.74) is 1.22. The van der Waals surface area contributed by atoms with Crippen molar-refractivity contribution in [1.29, 1.82) is 0 Å². The molecule has 15 heavy (non-hydrogen) atoms. The number of hydroxylamine groups is 2. The van der Waals surface area contributed by atoms with Crippen molar-refractivity contribution in [2.75, 3.05) is 20.3 Å². The van der Waals surface area contributed by atoms with Crippen molar-refractivity contribution < 1.29 is 9.57 Å². The fourth-order valence-electron chi connectivity index (χ4n) is 2.35. The van der Waals surface area contributed by atoms with Gasteiger partial charge in [0.2, 0.25) is 0 Å². The number of benzene rings is 1. The van der Waals surface area contributed by atoms with Crippen LogP contribution in [-0.2, 0) is 4.84 Å². The van der Waals surface area contributed by atoms with Crippen LogP contribution in [0.4, 0.5) is 0 Å². The SMILES string of the molecule is CN1OC[C@H]2COc3ccc(Br)cc3[C@H]21. The van der Waals surface area contributed by atoms with E-state index >= 15 is 0 Å². The minimum atomic E-state index is 0.339. The average Bonchev–Trinajstić information content (AvgIpc) is 2.60. The number of nitrogens with zero attached hydrogens (tertiary/aromatic N) is 1. The van der Waals surface area contributed by atoms with E-state index in [0.717, 1.165) is 23.4 Å². The smallest absolute Gasteiger partial charge is 0.124 e. The molecule has 2 atom stereocenters. The number of halogens is 1. The second-order valence-corrected chi connectivity index (χ2v) is 4.96. The quantitative estimate of drug-likeness (QED) is 0.722. The van der Waals surface area contributed by atoms with Crippen molar-refractivity contribution in [2.45, 2.75) is 6.04 Å². The van der Waals surface area contributed by atoms with E-state index in [1.54, 1.807) is 0 Å². The zero-order valence-corrected chi connectivity index (χ0v) is 10.0. The molecule has 1 fully saturated rings. The Hall–Kier alpha value is -0.580. The maximum Gasteiger partial charge on any atom is 0.124 e. The lowest BCUT2D eigenvalue weighted by Crippen LogP contribution is -2.28. The van der Waals surface area contributed by atoms with Crippen molar-refractivity contribution >= 4 is 15.9 Å². The van der Waals surface area contributed by atoms with Crippen molar-refractivity contribution in [2.24, 2.45) is 5.92 Å². The van der Waals surface area contributed by atoms with Crippen LogP contribution in [-0.4, -0.2) is 25.3 Å². The largest absolute Gasteiger partial charge is 0.493 e. The van der Waals surface area contributed by atoms with Crippen LogP contribution < -0.4 is 4.74 Å². The van der Waals surface area contributed by atoms with Gasteiger partial charge in [-0.15, -0.1) is 0 Å². The van der Waals surface area contributed by atoms with Gasteiger partial charge >= 0.3 is 0 Å². The van der Waals surface area contributed by atoms with E-state index in [1.807, 2.05) is 24.2 Å². The van der Waals surface area contributed by atoms with Crippen molar-refractivity contribution in [3.05, 3.63) is 28.2 Å². The van der Waals surface area contributed by atoms with E-state index in [1.165, 1.54) is 5.56 Å². The van der Waals surface area contributed by atoms with E-state index in [-0.39, 0.29) is 0 Å². The van der Waals surface area contributed by atoms with Gasteiger partial charge in [0, 0.05) is 23.0 Å². The summed E-state index contributed by atoms with van der Waals surface area (Å²) in [6.07, 6.45) is 0. The molecular weight excluding hydrogens is 258 g/mol. The molecular formula is C11H12BrNO2. The molecule has 0 radical (unpaired) electrons. The van der Waals surface area contributed by atoms with Gasteiger partial charge in [0.15, 0.2) is 0 Å². The van der Waals surface area contributed by atoms with E-state index in [4.69, 9.17) is 9.57 Å². The standard InChI is InChI=1S/C11H12BrNO2/c1-13-11-7(6-15-13)5-14-10-3-2-8(12)4-9(10)11/h2-4,7,11H,5-6H2,1H3/t7-,11+/m1/s1. The van der Waals surface area contributed by atoms with E-state index < -0.39 is 0 Å². The van der Waals surface area contributed by atoms with Crippen LogP contribution in [0.2, 0.25) is 0 Å². The minimum absolute atomic E-state index is 0.339. The summed E-state index contributed by atoms with van der Waals surface area (Å²) >= 11 is 3.49. The van der Waals surface area contributed by atoms with Gasteiger partial charge in [-0.05, 0) is 18.2 Å². The molecule has 80 valence electrons. The number of fused-ring (bicyclic) bond motifs is 3. The second kappa shape index (κ2) is 3.47. The lowest BCUT2D eigenvalue weighted by atomic mass is 9.92. The summed E-state index contributed by atoms with van der Waals surface area (Å²) in [7, 11) is 1.99. The molecule has 1 aromatic rings. The molecule has 1 saturated heterocycles. The fourth-order valence-corrected chi connectivity index (χ4v) is 2.73. The monoisotopic (exact) mass is 269 g/mol. The molecule has 0 spiro atoms. The molecule has 0 saturated carbocycles. The summed E-state index contributed by atoms with van der Waals surface area (Å²) in [6, 6.07) is 6.49.